The van der Waals surface area contributed by atoms with Gasteiger partial charge in [-0.05, 0) is 74.1 Å². The van der Waals surface area contributed by atoms with Gasteiger partial charge in [-0.2, -0.15) is 0 Å². The molecule has 0 unspecified atom stereocenters. The minimum absolute atomic E-state index is 0.0415. The van der Waals surface area contributed by atoms with Crippen LogP contribution in [0.5, 0.6) is 11.5 Å². The molecule has 2 aromatic rings. The van der Waals surface area contributed by atoms with Gasteiger partial charge in [-0.15, -0.1) is 0 Å². The Labute approximate surface area is 177 Å². The molecule has 30 heavy (non-hydrogen) atoms. The van der Waals surface area contributed by atoms with Crippen molar-refractivity contribution in [1.82, 2.24) is 0 Å². The fraction of sp³-hybridized carbons (Fsp3) is 0.417. The first-order chi connectivity index (χ1) is 14.6. The number of nitrogens with zero attached hydrogens (tertiary/aromatic N) is 1. The number of carboxylic acids is 1. The van der Waals surface area contributed by atoms with Crippen molar-refractivity contribution in [3.63, 3.8) is 0 Å². The molecule has 0 radical (unpaired) electrons. The Morgan fingerprint density at radius 2 is 1.87 bits per heavy atom. The summed E-state index contributed by atoms with van der Waals surface area (Å²) < 4.78 is 11.9. The van der Waals surface area contributed by atoms with Crippen molar-refractivity contribution >= 4 is 11.7 Å². The maximum atomic E-state index is 10.9. The molecular weight excluding hydrogens is 382 g/mol. The lowest BCUT2D eigenvalue weighted by Crippen LogP contribution is -2.15. The molecule has 0 bridgehead atoms. The number of benzene rings is 2. The van der Waals surface area contributed by atoms with Gasteiger partial charge in [0.1, 0.15) is 30.4 Å². The van der Waals surface area contributed by atoms with Crippen molar-refractivity contribution in [3.05, 3.63) is 59.7 Å². The summed E-state index contributed by atoms with van der Waals surface area (Å²) in [6.07, 6.45) is 5.85. The van der Waals surface area contributed by atoms with Gasteiger partial charge in [0.05, 0.1) is 12.5 Å². The maximum absolute atomic E-state index is 10.9. The summed E-state index contributed by atoms with van der Waals surface area (Å²) >= 11 is 0. The van der Waals surface area contributed by atoms with Gasteiger partial charge >= 0.3 is 5.97 Å². The molecule has 1 aliphatic rings. The third-order valence-corrected chi connectivity index (χ3v) is 4.89. The maximum Gasteiger partial charge on any atom is 0.307 e. The second kappa shape index (κ2) is 11.2. The molecule has 0 spiro atoms. The molecule has 1 N–H and O–H groups in total. The van der Waals surface area contributed by atoms with E-state index in [9.17, 15) is 4.79 Å². The van der Waals surface area contributed by atoms with Gasteiger partial charge in [0, 0.05) is 5.56 Å². The predicted octanol–water partition coefficient (Wildman–Crippen LogP) is 4.84. The van der Waals surface area contributed by atoms with Crippen LogP contribution in [0.2, 0.25) is 0 Å². The molecule has 0 amide bonds. The molecule has 0 aromatic heterocycles. The summed E-state index contributed by atoms with van der Waals surface area (Å²) in [5.74, 6) is 0.585. The number of carbonyl (C=O) groups is 1. The van der Waals surface area contributed by atoms with Crippen molar-refractivity contribution in [2.75, 3.05) is 13.2 Å². The summed E-state index contributed by atoms with van der Waals surface area (Å²) in [5.41, 5.74) is 2.25. The summed E-state index contributed by atoms with van der Waals surface area (Å²) in [6, 6.07) is 14.9. The lowest BCUT2D eigenvalue weighted by molar-refractivity contribution is -0.136. The zero-order chi connectivity index (χ0) is 21.2. The van der Waals surface area contributed by atoms with Crippen LogP contribution in [0.25, 0.3) is 0 Å². The van der Waals surface area contributed by atoms with Crippen LogP contribution in [-0.2, 0) is 16.1 Å². The lowest BCUT2D eigenvalue weighted by atomic mass is 10.1. The zero-order valence-electron chi connectivity index (χ0n) is 17.4. The topological polar surface area (TPSA) is 77.4 Å². The molecule has 3 rings (SSSR count). The van der Waals surface area contributed by atoms with Gasteiger partial charge in [0.25, 0.3) is 0 Å². The second-order valence-corrected chi connectivity index (χ2v) is 7.43. The third-order valence-electron chi connectivity index (χ3n) is 4.89. The average molecular weight is 411 g/mol. The number of carboxylic acid groups (broad SMARTS) is 1. The lowest BCUT2D eigenvalue weighted by Gasteiger charge is -2.14. The van der Waals surface area contributed by atoms with E-state index >= 15 is 0 Å². The minimum atomic E-state index is -0.873. The Morgan fingerprint density at radius 1 is 1.10 bits per heavy atom. The highest BCUT2D eigenvalue weighted by Crippen LogP contribution is 2.24. The third kappa shape index (κ3) is 6.79. The molecule has 1 fully saturated rings. The molecule has 2 aromatic carbocycles. The first-order valence-electron chi connectivity index (χ1n) is 10.5. The van der Waals surface area contributed by atoms with E-state index in [4.69, 9.17) is 19.4 Å². The average Bonchev–Trinajstić information content (AvgIpc) is 3.24. The Kier molecular flexibility index (Phi) is 8.12. The van der Waals surface area contributed by atoms with E-state index in [-0.39, 0.29) is 13.0 Å². The van der Waals surface area contributed by atoms with Crippen LogP contribution in [0.15, 0.2) is 53.7 Å². The molecule has 160 valence electrons. The van der Waals surface area contributed by atoms with Crippen molar-refractivity contribution in [2.45, 2.75) is 51.6 Å². The van der Waals surface area contributed by atoms with Crippen molar-refractivity contribution in [2.24, 2.45) is 5.16 Å². The fourth-order valence-corrected chi connectivity index (χ4v) is 3.37. The molecule has 1 aliphatic carbocycles. The smallest absolute Gasteiger partial charge is 0.307 e. The van der Waals surface area contributed by atoms with Gasteiger partial charge in [-0.1, -0.05) is 24.2 Å². The highest BCUT2D eigenvalue weighted by atomic mass is 16.6. The number of hydrogen-bond donors (Lipinski definition) is 1. The standard InChI is InChI=1S/C24H29NO5/c1-2-14-29-25-23(17-28-22-9-5-6-18(15-22)16-24(26)27)19-10-12-21(13-11-19)30-20-7-3-4-8-20/h5-6,9-13,15,20H,2-4,7-8,14,16-17H2,1H3,(H,26,27)/b25-23+. The van der Waals surface area contributed by atoms with Gasteiger partial charge in [-0.3, -0.25) is 4.79 Å². The van der Waals surface area contributed by atoms with Crippen LogP contribution in [0.3, 0.4) is 0 Å². The second-order valence-electron chi connectivity index (χ2n) is 7.43. The summed E-state index contributed by atoms with van der Waals surface area (Å²) in [7, 11) is 0. The van der Waals surface area contributed by atoms with Gasteiger partial charge < -0.3 is 19.4 Å². The largest absolute Gasteiger partial charge is 0.490 e. The fourth-order valence-electron chi connectivity index (χ4n) is 3.37. The molecule has 6 heteroatoms. The van der Waals surface area contributed by atoms with Crippen LogP contribution in [0, 0.1) is 0 Å². The normalized spacial score (nSPS) is 14.5. The first kappa shape index (κ1) is 21.7. The Balaban J connectivity index is 1.66. The molecule has 0 heterocycles. The predicted molar refractivity (Wildman–Crippen MR) is 115 cm³/mol. The molecule has 1 saturated carbocycles. The number of hydrogen-bond acceptors (Lipinski definition) is 5. The van der Waals surface area contributed by atoms with E-state index < -0.39 is 5.97 Å². The van der Waals surface area contributed by atoms with E-state index in [2.05, 4.69) is 5.16 Å². The molecule has 0 aliphatic heterocycles. The summed E-state index contributed by atoms with van der Waals surface area (Å²) in [4.78, 5) is 16.3. The zero-order valence-corrected chi connectivity index (χ0v) is 17.4. The van der Waals surface area contributed by atoms with E-state index in [0.717, 1.165) is 30.6 Å². The Bertz CT molecular complexity index is 841. The number of oxime groups is 1. The molecule has 6 nitrogen and oxygen atoms in total. The summed E-state index contributed by atoms with van der Waals surface area (Å²) in [6.45, 7) is 2.76. The van der Waals surface area contributed by atoms with Crippen LogP contribution >= 0.6 is 0 Å². The number of ether oxygens (including phenoxy) is 2. The van der Waals surface area contributed by atoms with Gasteiger partial charge in [0.2, 0.25) is 0 Å². The van der Waals surface area contributed by atoms with E-state index in [1.807, 2.05) is 31.2 Å². The Morgan fingerprint density at radius 3 is 2.57 bits per heavy atom. The molecule has 0 atom stereocenters. The van der Waals surface area contributed by atoms with E-state index in [1.165, 1.54) is 12.8 Å². The van der Waals surface area contributed by atoms with E-state index in [1.54, 1.807) is 24.3 Å². The summed E-state index contributed by atoms with van der Waals surface area (Å²) in [5, 5.41) is 13.2. The van der Waals surface area contributed by atoms with Gasteiger partial charge in [0.15, 0.2) is 0 Å². The van der Waals surface area contributed by atoms with Crippen LogP contribution in [-0.4, -0.2) is 36.1 Å². The highest BCUT2D eigenvalue weighted by molar-refractivity contribution is 6.01. The van der Waals surface area contributed by atoms with Crippen LogP contribution < -0.4 is 9.47 Å². The van der Waals surface area contributed by atoms with E-state index in [0.29, 0.717) is 29.7 Å². The van der Waals surface area contributed by atoms with Crippen molar-refractivity contribution in [1.29, 1.82) is 0 Å². The Hall–Kier alpha value is -3.02. The number of rotatable bonds is 11. The SMILES string of the molecule is CCCO/N=C(\COc1cccc(CC(=O)O)c1)c1ccc(OC2CCCC2)cc1. The van der Waals surface area contributed by atoms with Crippen LogP contribution in [0.4, 0.5) is 0 Å². The molecular formula is C24H29NO5. The van der Waals surface area contributed by atoms with Gasteiger partial charge in [-0.25, -0.2) is 0 Å². The van der Waals surface area contributed by atoms with Crippen molar-refractivity contribution < 1.29 is 24.2 Å². The minimum Gasteiger partial charge on any atom is -0.490 e. The quantitative estimate of drug-likeness (QED) is 0.325. The molecule has 0 saturated heterocycles. The monoisotopic (exact) mass is 411 g/mol. The van der Waals surface area contributed by atoms with Crippen molar-refractivity contribution in [3.8, 4) is 11.5 Å². The number of aliphatic carboxylic acids is 1. The highest BCUT2D eigenvalue weighted by Gasteiger charge is 2.16. The first-order valence-corrected chi connectivity index (χ1v) is 10.5. The van der Waals surface area contributed by atoms with Crippen LogP contribution in [0.1, 0.15) is 50.2 Å².